The van der Waals surface area contributed by atoms with Crippen molar-refractivity contribution >= 4 is 11.7 Å². The highest BCUT2D eigenvalue weighted by Gasteiger charge is 2.27. The molecule has 68 valence electrons. The van der Waals surface area contributed by atoms with Crippen molar-refractivity contribution in [2.45, 2.75) is 25.8 Å². The summed E-state index contributed by atoms with van der Waals surface area (Å²) in [6.07, 6.45) is 1.44. The molecule has 1 heterocycles. The van der Waals surface area contributed by atoms with Crippen molar-refractivity contribution in [2.24, 2.45) is 10.9 Å². The number of nitrogens with two attached hydrogens (primary N) is 1. The van der Waals surface area contributed by atoms with E-state index in [1.165, 1.54) is 0 Å². The van der Waals surface area contributed by atoms with Gasteiger partial charge in [0.1, 0.15) is 0 Å². The molecule has 12 heavy (non-hydrogen) atoms. The van der Waals surface area contributed by atoms with E-state index >= 15 is 0 Å². The molecule has 5 nitrogen and oxygen atoms in total. The van der Waals surface area contributed by atoms with Crippen molar-refractivity contribution in [3.8, 4) is 0 Å². The molecule has 0 aromatic carbocycles. The van der Waals surface area contributed by atoms with Gasteiger partial charge < -0.3 is 15.8 Å². The highest BCUT2D eigenvalue weighted by molar-refractivity contribution is 5.90. The average Bonchev–Trinajstić information content (AvgIpc) is 2.48. The number of nitrogens with zero attached hydrogens (tertiary/aromatic N) is 2. The summed E-state index contributed by atoms with van der Waals surface area (Å²) in [5.41, 5.74) is 5.36. The summed E-state index contributed by atoms with van der Waals surface area (Å²) < 4.78 is 0. The van der Waals surface area contributed by atoms with Crippen LogP contribution in [-0.4, -0.2) is 34.4 Å². The van der Waals surface area contributed by atoms with Crippen LogP contribution in [-0.2, 0) is 4.79 Å². The molecule has 0 bridgehead atoms. The quantitative estimate of drug-likeness (QED) is 0.260. The van der Waals surface area contributed by atoms with Crippen molar-refractivity contribution < 1.29 is 10.0 Å². The first kappa shape index (κ1) is 8.83. The van der Waals surface area contributed by atoms with Gasteiger partial charge in [0.2, 0.25) is 5.91 Å². The van der Waals surface area contributed by atoms with Crippen LogP contribution in [0, 0.1) is 0 Å². The van der Waals surface area contributed by atoms with Crippen LogP contribution in [0.25, 0.3) is 0 Å². The van der Waals surface area contributed by atoms with Gasteiger partial charge in [-0.1, -0.05) is 5.16 Å². The Bertz CT molecular complexity index is 215. The van der Waals surface area contributed by atoms with Crippen molar-refractivity contribution in [2.75, 3.05) is 6.54 Å². The third kappa shape index (κ3) is 1.49. The van der Waals surface area contributed by atoms with Crippen LogP contribution >= 0.6 is 0 Å². The van der Waals surface area contributed by atoms with Crippen molar-refractivity contribution in [1.82, 2.24) is 4.90 Å². The monoisotopic (exact) mass is 171 g/mol. The molecule has 1 aliphatic heterocycles. The van der Waals surface area contributed by atoms with Gasteiger partial charge in [-0.25, -0.2) is 0 Å². The fourth-order valence-corrected chi connectivity index (χ4v) is 1.32. The molecule has 3 N–H and O–H groups in total. The predicted octanol–water partition coefficient (Wildman–Crippen LogP) is -0.256. The maximum absolute atomic E-state index is 11.2. The second kappa shape index (κ2) is 3.42. The van der Waals surface area contributed by atoms with Crippen molar-refractivity contribution in [3.05, 3.63) is 0 Å². The van der Waals surface area contributed by atoms with Crippen molar-refractivity contribution in [3.63, 3.8) is 0 Å². The molecular weight excluding hydrogens is 158 g/mol. The number of hydrogen-bond acceptors (Lipinski definition) is 3. The highest BCUT2D eigenvalue weighted by atomic mass is 16.4. The van der Waals surface area contributed by atoms with Gasteiger partial charge in [-0.3, -0.25) is 4.79 Å². The lowest BCUT2D eigenvalue weighted by atomic mass is 10.3. The van der Waals surface area contributed by atoms with Crippen LogP contribution in [0.5, 0.6) is 0 Å². The van der Waals surface area contributed by atoms with E-state index in [1.807, 2.05) is 0 Å². The zero-order chi connectivity index (χ0) is 9.14. The topological polar surface area (TPSA) is 78.9 Å². The Morgan fingerprint density at radius 1 is 1.83 bits per heavy atom. The van der Waals surface area contributed by atoms with Gasteiger partial charge in [0.05, 0.1) is 6.04 Å². The summed E-state index contributed by atoms with van der Waals surface area (Å²) in [6, 6.07) is -0.287. The number of rotatable bonds is 2. The molecule has 0 spiro atoms. The molecule has 5 heteroatoms. The number of likely N-dealkylation sites (tertiary alicyclic amines) is 1. The normalized spacial score (nSPS) is 21.6. The molecule has 1 saturated heterocycles. The van der Waals surface area contributed by atoms with Crippen LogP contribution in [0.3, 0.4) is 0 Å². The molecule has 0 aromatic heterocycles. The summed E-state index contributed by atoms with van der Waals surface area (Å²) in [6.45, 7) is 2.45. The third-order valence-electron chi connectivity index (χ3n) is 2.12. The van der Waals surface area contributed by atoms with Gasteiger partial charge in [0.15, 0.2) is 5.84 Å². The minimum atomic E-state index is -0.287. The van der Waals surface area contributed by atoms with Gasteiger partial charge in [-0.05, 0) is 13.3 Å². The molecular formula is C7H13N3O2. The van der Waals surface area contributed by atoms with Gasteiger partial charge in [0, 0.05) is 13.0 Å². The van der Waals surface area contributed by atoms with E-state index in [9.17, 15) is 4.79 Å². The van der Waals surface area contributed by atoms with E-state index in [2.05, 4.69) is 5.16 Å². The molecule has 0 unspecified atom stereocenters. The Morgan fingerprint density at radius 2 is 2.50 bits per heavy atom. The lowest BCUT2D eigenvalue weighted by molar-refractivity contribution is -0.128. The zero-order valence-electron chi connectivity index (χ0n) is 7.03. The predicted molar refractivity (Wildman–Crippen MR) is 43.8 cm³/mol. The molecule has 1 amide bonds. The van der Waals surface area contributed by atoms with Gasteiger partial charge >= 0.3 is 0 Å². The summed E-state index contributed by atoms with van der Waals surface area (Å²) in [4.78, 5) is 12.8. The van der Waals surface area contributed by atoms with E-state index in [0.717, 1.165) is 6.42 Å². The summed E-state index contributed by atoms with van der Waals surface area (Å²) in [5, 5.41) is 11.2. The van der Waals surface area contributed by atoms with E-state index in [-0.39, 0.29) is 17.8 Å². The van der Waals surface area contributed by atoms with E-state index in [4.69, 9.17) is 10.9 Å². The van der Waals surface area contributed by atoms with Crippen LogP contribution in [0.4, 0.5) is 0 Å². The summed E-state index contributed by atoms with van der Waals surface area (Å²) in [5.74, 6) is 0.166. The minimum Gasteiger partial charge on any atom is -0.409 e. The Hall–Kier alpha value is -1.26. The van der Waals surface area contributed by atoms with Crippen LogP contribution in [0.1, 0.15) is 19.8 Å². The Labute approximate surface area is 70.8 Å². The molecule has 1 atom stereocenters. The van der Waals surface area contributed by atoms with Crippen LogP contribution in [0.15, 0.2) is 5.16 Å². The zero-order valence-corrected chi connectivity index (χ0v) is 7.03. The Kier molecular flexibility index (Phi) is 2.52. The summed E-state index contributed by atoms with van der Waals surface area (Å²) in [7, 11) is 0. The second-order valence-corrected chi connectivity index (χ2v) is 2.89. The average molecular weight is 171 g/mol. The van der Waals surface area contributed by atoms with E-state index in [1.54, 1.807) is 11.8 Å². The molecule has 0 aliphatic carbocycles. The standard InChI is InChI=1S/C7H13N3O2/c1-5(7(8)9-12)10-4-2-3-6(10)11/h5,12H,2-4H2,1H3,(H2,8,9)/t5-/m0/s1. The first-order chi connectivity index (χ1) is 5.66. The lowest BCUT2D eigenvalue weighted by Gasteiger charge is -2.22. The van der Waals surface area contributed by atoms with Gasteiger partial charge in [0.25, 0.3) is 0 Å². The molecule has 1 fully saturated rings. The largest absolute Gasteiger partial charge is 0.409 e. The molecule has 0 aromatic rings. The number of carbonyl (C=O) groups is 1. The third-order valence-corrected chi connectivity index (χ3v) is 2.12. The fraction of sp³-hybridized carbons (Fsp3) is 0.714. The smallest absolute Gasteiger partial charge is 0.223 e. The van der Waals surface area contributed by atoms with Crippen LogP contribution < -0.4 is 5.73 Å². The maximum atomic E-state index is 11.2. The number of carbonyl (C=O) groups excluding carboxylic acids is 1. The molecule has 1 aliphatic rings. The SMILES string of the molecule is C[C@@H](/C(N)=N\O)N1CCCC1=O. The fourth-order valence-electron chi connectivity index (χ4n) is 1.32. The van der Waals surface area contributed by atoms with Gasteiger partial charge in [-0.15, -0.1) is 0 Å². The first-order valence-electron chi connectivity index (χ1n) is 3.93. The summed E-state index contributed by atoms with van der Waals surface area (Å²) >= 11 is 0. The van der Waals surface area contributed by atoms with E-state index in [0.29, 0.717) is 13.0 Å². The molecule has 1 rings (SSSR count). The Balaban J connectivity index is 2.63. The van der Waals surface area contributed by atoms with Gasteiger partial charge in [-0.2, -0.15) is 0 Å². The maximum Gasteiger partial charge on any atom is 0.223 e. The second-order valence-electron chi connectivity index (χ2n) is 2.89. The number of amides is 1. The molecule has 0 radical (unpaired) electrons. The Morgan fingerprint density at radius 3 is 2.92 bits per heavy atom. The number of hydrogen-bond donors (Lipinski definition) is 2. The molecule has 0 saturated carbocycles. The lowest BCUT2D eigenvalue weighted by Crippen LogP contribution is -2.43. The van der Waals surface area contributed by atoms with Crippen LogP contribution in [0.2, 0.25) is 0 Å². The number of amidine groups is 1. The van der Waals surface area contributed by atoms with Crippen molar-refractivity contribution in [1.29, 1.82) is 0 Å². The highest BCUT2D eigenvalue weighted by Crippen LogP contribution is 2.13. The van der Waals surface area contributed by atoms with E-state index < -0.39 is 0 Å². The number of oxime groups is 1. The minimum absolute atomic E-state index is 0.0779. The first-order valence-corrected chi connectivity index (χ1v) is 3.93.